The zero-order valence-corrected chi connectivity index (χ0v) is 12.1. The molecule has 3 heterocycles. The number of allylic oxidation sites excluding steroid dienone is 4. The Morgan fingerprint density at radius 3 is 2.87 bits per heavy atom. The van der Waals surface area contributed by atoms with E-state index >= 15 is 0 Å². The van der Waals surface area contributed by atoms with Crippen molar-refractivity contribution >= 4 is 28.1 Å². The summed E-state index contributed by atoms with van der Waals surface area (Å²) in [6, 6.07) is 8.24. The van der Waals surface area contributed by atoms with Crippen LogP contribution in [0.3, 0.4) is 0 Å². The highest BCUT2D eigenvalue weighted by Gasteiger charge is 2.26. The number of benzene rings is 1. The minimum absolute atomic E-state index is 0.232. The Hall–Kier alpha value is -3.21. The van der Waals surface area contributed by atoms with E-state index < -0.39 is 0 Å². The summed E-state index contributed by atoms with van der Waals surface area (Å²) in [6.07, 6.45) is 11.3. The Morgan fingerprint density at radius 1 is 0.957 bits per heavy atom. The third-order valence-electron chi connectivity index (χ3n) is 4.10. The minimum Gasteiger partial charge on any atom is -0.252 e. The minimum atomic E-state index is 0.232. The van der Waals surface area contributed by atoms with Crippen molar-refractivity contribution < 1.29 is 0 Å². The van der Waals surface area contributed by atoms with Crippen molar-refractivity contribution in [1.29, 1.82) is 0 Å². The van der Waals surface area contributed by atoms with Crippen LogP contribution in [0.25, 0.3) is 16.7 Å². The molecule has 1 aliphatic heterocycles. The van der Waals surface area contributed by atoms with E-state index in [1.165, 1.54) is 5.56 Å². The Kier molecular flexibility index (Phi) is 2.49. The van der Waals surface area contributed by atoms with Gasteiger partial charge < -0.3 is 0 Å². The highest BCUT2D eigenvalue weighted by molar-refractivity contribution is 6.13. The third kappa shape index (κ3) is 1.90. The first kappa shape index (κ1) is 12.3. The summed E-state index contributed by atoms with van der Waals surface area (Å²) in [4.78, 5) is 22.1. The molecule has 0 bridgehead atoms. The Morgan fingerprint density at radius 2 is 1.87 bits per heavy atom. The van der Waals surface area contributed by atoms with Gasteiger partial charge in [0.25, 0.3) is 0 Å². The molecular formula is C18H11N5. The summed E-state index contributed by atoms with van der Waals surface area (Å²) in [7, 11) is 0. The maximum atomic E-state index is 4.72. The largest absolute Gasteiger partial charge is 0.252 e. The smallest absolute Gasteiger partial charge is 0.181 e. The Bertz CT molecular complexity index is 1030. The van der Waals surface area contributed by atoms with Crippen molar-refractivity contribution in [2.24, 2.45) is 4.99 Å². The van der Waals surface area contributed by atoms with E-state index in [1.807, 2.05) is 12.1 Å². The fourth-order valence-electron chi connectivity index (χ4n) is 3.00. The summed E-state index contributed by atoms with van der Waals surface area (Å²) in [5.41, 5.74) is 5.57. The molecule has 0 N–H and O–H groups in total. The van der Waals surface area contributed by atoms with Gasteiger partial charge >= 0.3 is 0 Å². The molecule has 1 aromatic carbocycles. The molecule has 1 unspecified atom stereocenters. The summed E-state index contributed by atoms with van der Waals surface area (Å²) in [5, 5.41) is 0. The molecule has 0 fully saturated rings. The van der Waals surface area contributed by atoms with Gasteiger partial charge in [-0.3, -0.25) is 4.99 Å². The Labute approximate surface area is 132 Å². The number of rotatable bonds is 1. The van der Waals surface area contributed by atoms with E-state index in [0.29, 0.717) is 17.0 Å². The van der Waals surface area contributed by atoms with E-state index in [9.17, 15) is 0 Å². The summed E-state index contributed by atoms with van der Waals surface area (Å²) in [5.74, 6) is 0.876. The molecule has 5 rings (SSSR count). The first-order valence-electron chi connectivity index (χ1n) is 7.40. The molecule has 5 heteroatoms. The van der Waals surface area contributed by atoms with Gasteiger partial charge in [-0.15, -0.1) is 0 Å². The molecule has 2 aromatic heterocycles. The van der Waals surface area contributed by atoms with Crippen LogP contribution in [0.1, 0.15) is 17.3 Å². The van der Waals surface area contributed by atoms with Crippen LogP contribution in [0.4, 0.5) is 5.69 Å². The summed E-state index contributed by atoms with van der Waals surface area (Å²) in [6.45, 7) is 0. The maximum Gasteiger partial charge on any atom is 0.181 e. The van der Waals surface area contributed by atoms with Crippen molar-refractivity contribution in [2.75, 3.05) is 0 Å². The molecule has 0 saturated carbocycles. The fraction of sp³-hybridized carbons (Fsp3) is 0.0556. The van der Waals surface area contributed by atoms with E-state index in [1.54, 1.807) is 18.6 Å². The van der Waals surface area contributed by atoms with Crippen LogP contribution >= 0.6 is 0 Å². The van der Waals surface area contributed by atoms with Crippen LogP contribution < -0.4 is 0 Å². The first-order chi connectivity index (χ1) is 11.4. The number of aromatic nitrogens is 4. The molecule has 0 radical (unpaired) electrons. The second-order valence-electron chi connectivity index (χ2n) is 5.49. The first-order valence-corrected chi connectivity index (χ1v) is 7.40. The summed E-state index contributed by atoms with van der Waals surface area (Å²) >= 11 is 0. The van der Waals surface area contributed by atoms with Crippen molar-refractivity contribution in [1.82, 2.24) is 19.9 Å². The van der Waals surface area contributed by atoms with Crippen LogP contribution in [-0.4, -0.2) is 25.6 Å². The lowest BCUT2D eigenvalue weighted by Gasteiger charge is -2.13. The van der Waals surface area contributed by atoms with Crippen LogP contribution in [0.15, 0.2) is 66.1 Å². The molecule has 2 aliphatic rings. The number of para-hydroxylation sites is 1. The van der Waals surface area contributed by atoms with Gasteiger partial charge in [0, 0.05) is 23.9 Å². The maximum absolute atomic E-state index is 4.72. The number of hydrogen-bond acceptors (Lipinski definition) is 5. The van der Waals surface area contributed by atoms with Gasteiger partial charge in [-0.1, -0.05) is 30.4 Å². The van der Waals surface area contributed by atoms with E-state index in [0.717, 1.165) is 17.0 Å². The molecule has 0 saturated heterocycles. The van der Waals surface area contributed by atoms with Gasteiger partial charge in [0.1, 0.15) is 5.52 Å². The highest BCUT2D eigenvalue weighted by Crippen LogP contribution is 2.39. The third-order valence-corrected chi connectivity index (χ3v) is 4.10. The van der Waals surface area contributed by atoms with Crippen LogP contribution in [0.5, 0.6) is 0 Å². The van der Waals surface area contributed by atoms with Crippen molar-refractivity contribution in [3.63, 3.8) is 0 Å². The fourth-order valence-corrected chi connectivity index (χ4v) is 3.00. The predicted molar refractivity (Wildman–Crippen MR) is 88.5 cm³/mol. The Balaban J connectivity index is 1.59. The topological polar surface area (TPSA) is 63.9 Å². The van der Waals surface area contributed by atoms with E-state index in [4.69, 9.17) is 4.99 Å². The van der Waals surface area contributed by atoms with Gasteiger partial charge in [-0.05, 0) is 17.7 Å². The zero-order valence-electron chi connectivity index (χ0n) is 12.1. The van der Waals surface area contributed by atoms with E-state index in [2.05, 4.69) is 50.3 Å². The van der Waals surface area contributed by atoms with Crippen molar-refractivity contribution in [2.45, 2.75) is 5.92 Å². The number of nitrogens with zero attached hydrogens (tertiary/aromatic N) is 5. The second kappa shape index (κ2) is 4.64. The van der Waals surface area contributed by atoms with Crippen LogP contribution in [0.2, 0.25) is 0 Å². The predicted octanol–water partition coefficient (Wildman–Crippen LogP) is 3.24. The number of aliphatic imine (C=N–C) groups is 1. The quantitative estimate of drug-likeness (QED) is 0.691. The zero-order chi connectivity index (χ0) is 15.2. The molecule has 1 aliphatic carbocycles. The SMILES string of the molecule is C1=CC2C(=Nc3ccccc32)C=C1c1ncc2nccnc2n1. The van der Waals surface area contributed by atoms with Crippen LogP contribution in [0, 0.1) is 0 Å². The van der Waals surface area contributed by atoms with Gasteiger partial charge in [-0.2, -0.15) is 0 Å². The second-order valence-corrected chi connectivity index (χ2v) is 5.49. The molecule has 23 heavy (non-hydrogen) atoms. The van der Waals surface area contributed by atoms with Crippen LogP contribution in [-0.2, 0) is 0 Å². The average molecular weight is 297 g/mol. The molecule has 3 aromatic rings. The molecule has 5 nitrogen and oxygen atoms in total. The molecule has 0 spiro atoms. The highest BCUT2D eigenvalue weighted by atomic mass is 15.0. The van der Waals surface area contributed by atoms with Gasteiger partial charge in [0.05, 0.1) is 17.6 Å². The van der Waals surface area contributed by atoms with Gasteiger partial charge in [0.15, 0.2) is 11.5 Å². The summed E-state index contributed by atoms with van der Waals surface area (Å²) < 4.78 is 0. The number of hydrogen-bond donors (Lipinski definition) is 0. The molecule has 0 amide bonds. The monoisotopic (exact) mass is 297 g/mol. The lowest BCUT2D eigenvalue weighted by Crippen LogP contribution is -2.08. The van der Waals surface area contributed by atoms with Gasteiger partial charge in [-0.25, -0.2) is 19.9 Å². The average Bonchev–Trinajstić information content (AvgIpc) is 2.99. The lowest BCUT2D eigenvalue weighted by molar-refractivity contribution is 1.11. The number of fused-ring (bicyclic) bond motifs is 4. The van der Waals surface area contributed by atoms with Gasteiger partial charge in [0.2, 0.25) is 0 Å². The molecule has 108 valence electrons. The normalized spacial score (nSPS) is 18.3. The lowest BCUT2D eigenvalue weighted by atomic mass is 9.90. The standard InChI is InChI=1S/C18H11N5/c1-2-4-14-12(3-1)13-6-5-11(9-15(13)22-14)17-21-10-16-18(23-17)20-8-7-19-16/h1-10,13H. The molecular weight excluding hydrogens is 286 g/mol. The van der Waals surface area contributed by atoms with Crippen molar-refractivity contribution in [3.05, 3.63) is 72.5 Å². The molecule has 1 atom stereocenters. The van der Waals surface area contributed by atoms with E-state index in [-0.39, 0.29) is 5.92 Å². The van der Waals surface area contributed by atoms with Crippen molar-refractivity contribution in [3.8, 4) is 0 Å².